The second kappa shape index (κ2) is 2.99. The molecule has 0 aromatic heterocycles. The van der Waals surface area contributed by atoms with E-state index in [2.05, 4.69) is 10.2 Å². The molecule has 0 spiro atoms. The number of nitrogens with zero attached hydrogens (tertiary/aromatic N) is 2. The molecule has 1 aromatic rings. The summed E-state index contributed by atoms with van der Waals surface area (Å²) in [6.07, 6.45) is 1.46. The van der Waals surface area contributed by atoms with E-state index in [1.807, 2.05) is 0 Å². The Morgan fingerprint density at radius 1 is 1.36 bits per heavy atom. The second-order valence-electron chi connectivity index (χ2n) is 3.28. The molecule has 1 aliphatic rings. The van der Waals surface area contributed by atoms with E-state index in [1.165, 1.54) is 12.3 Å². The summed E-state index contributed by atoms with van der Waals surface area (Å²) in [5.41, 5.74) is 6.03. The number of halogens is 1. The van der Waals surface area contributed by atoms with Gasteiger partial charge in [0.1, 0.15) is 11.4 Å². The highest BCUT2D eigenvalue weighted by molar-refractivity contribution is 6.09. The van der Waals surface area contributed by atoms with Crippen LogP contribution in [0, 0.1) is 5.82 Å². The summed E-state index contributed by atoms with van der Waals surface area (Å²) >= 11 is 0. The monoisotopic (exact) mass is 191 g/mol. The highest BCUT2D eigenvalue weighted by Gasteiger charge is 2.34. The topological polar surface area (TPSA) is 50.7 Å². The summed E-state index contributed by atoms with van der Waals surface area (Å²) in [4.78, 5) is 0. The molecule has 0 bridgehead atoms. The van der Waals surface area contributed by atoms with E-state index >= 15 is 0 Å². The molecule has 0 fully saturated rings. The van der Waals surface area contributed by atoms with Crippen molar-refractivity contribution in [2.75, 3.05) is 0 Å². The predicted octanol–water partition coefficient (Wildman–Crippen LogP) is 1.44. The van der Waals surface area contributed by atoms with Gasteiger partial charge in [-0.2, -0.15) is 10.2 Å². The quantitative estimate of drug-likeness (QED) is 0.717. The van der Waals surface area contributed by atoms with E-state index in [1.54, 1.807) is 25.1 Å². The van der Waals surface area contributed by atoms with Crippen molar-refractivity contribution in [1.82, 2.24) is 0 Å². The van der Waals surface area contributed by atoms with Gasteiger partial charge in [0, 0.05) is 5.56 Å². The Bertz CT molecular complexity index is 425. The Labute approximate surface area is 81.2 Å². The third-order valence-electron chi connectivity index (χ3n) is 2.39. The maximum atomic E-state index is 13.5. The van der Waals surface area contributed by atoms with Crippen LogP contribution in [0.3, 0.4) is 0 Å². The predicted molar refractivity (Wildman–Crippen MR) is 53.9 cm³/mol. The van der Waals surface area contributed by atoms with Crippen molar-refractivity contribution in [3.05, 3.63) is 35.6 Å². The summed E-state index contributed by atoms with van der Waals surface area (Å²) < 4.78 is 13.5. The number of nitrogens with two attached hydrogens (primary N) is 1. The minimum atomic E-state index is -0.981. The van der Waals surface area contributed by atoms with Crippen molar-refractivity contribution < 1.29 is 4.39 Å². The lowest BCUT2D eigenvalue weighted by Gasteiger charge is -2.21. The molecule has 1 aromatic carbocycles. The van der Waals surface area contributed by atoms with Gasteiger partial charge in [-0.1, -0.05) is 18.2 Å². The van der Waals surface area contributed by atoms with Crippen molar-refractivity contribution in [3.63, 3.8) is 0 Å². The zero-order chi connectivity index (χ0) is 10.2. The van der Waals surface area contributed by atoms with Gasteiger partial charge < -0.3 is 5.73 Å². The average Bonchev–Trinajstić information content (AvgIpc) is 2.49. The van der Waals surface area contributed by atoms with Crippen LogP contribution < -0.4 is 5.73 Å². The maximum absolute atomic E-state index is 13.5. The van der Waals surface area contributed by atoms with Crippen molar-refractivity contribution >= 4 is 11.9 Å². The van der Waals surface area contributed by atoms with Crippen LogP contribution in [0.25, 0.3) is 0 Å². The number of hydrogen-bond acceptors (Lipinski definition) is 3. The Balaban J connectivity index is 2.55. The van der Waals surface area contributed by atoms with Crippen molar-refractivity contribution in [1.29, 1.82) is 0 Å². The fraction of sp³-hybridized carbons (Fsp3) is 0.200. The van der Waals surface area contributed by atoms with Gasteiger partial charge in [0.25, 0.3) is 0 Å². The normalized spacial score (nSPS) is 25.2. The Hall–Kier alpha value is -1.55. The molecular formula is C10H10FN3. The van der Waals surface area contributed by atoms with Crippen LogP contribution in [0.1, 0.15) is 12.5 Å². The molecular weight excluding hydrogens is 181 g/mol. The molecule has 0 amide bonds. The lowest BCUT2D eigenvalue weighted by molar-refractivity contribution is 0.594. The SMILES string of the molecule is CC1=NN=CC1(N)c1ccccc1F. The van der Waals surface area contributed by atoms with Crippen LogP contribution >= 0.6 is 0 Å². The van der Waals surface area contributed by atoms with Crippen LogP contribution in [-0.4, -0.2) is 11.9 Å². The first-order valence-electron chi connectivity index (χ1n) is 4.28. The zero-order valence-electron chi connectivity index (χ0n) is 7.74. The first-order chi connectivity index (χ1) is 6.64. The molecule has 14 heavy (non-hydrogen) atoms. The first-order valence-corrected chi connectivity index (χ1v) is 4.28. The van der Waals surface area contributed by atoms with E-state index in [0.717, 1.165) is 0 Å². The Morgan fingerprint density at radius 3 is 2.64 bits per heavy atom. The van der Waals surface area contributed by atoms with Crippen molar-refractivity contribution in [3.8, 4) is 0 Å². The van der Waals surface area contributed by atoms with Gasteiger partial charge in [0.15, 0.2) is 0 Å². The molecule has 1 heterocycles. The number of rotatable bonds is 1. The standard InChI is InChI=1S/C10H10FN3/c1-7-10(12,6-13-14-7)8-4-2-3-5-9(8)11/h2-6H,12H2,1H3. The Kier molecular flexibility index (Phi) is 1.93. The molecule has 0 radical (unpaired) electrons. The van der Waals surface area contributed by atoms with Crippen LogP contribution in [0.5, 0.6) is 0 Å². The van der Waals surface area contributed by atoms with Gasteiger partial charge in [-0.15, -0.1) is 0 Å². The summed E-state index contributed by atoms with van der Waals surface area (Å²) in [5.74, 6) is -0.335. The summed E-state index contributed by atoms with van der Waals surface area (Å²) in [5, 5.41) is 7.51. The molecule has 2 N–H and O–H groups in total. The van der Waals surface area contributed by atoms with E-state index in [-0.39, 0.29) is 5.82 Å². The third kappa shape index (κ3) is 1.15. The zero-order valence-corrected chi connectivity index (χ0v) is 7.74. The molecule has 3 nitrogen and oxygen atoms in total. The largest absolute Gasteiger partial charge is 0.312 e. The van der Waals surface area contributed by atoms with E-state index < -0.39 is 5.54 Å². The summed E-state index contributed by atoms with van der Waals surface area (Å²) in [7, 11) is 0. The Morgan fingerprint density at radius 2 is 2.07 bits per heavy atom. The number of hydrogen-bond donors (Lipinski definition) is 1. The molecule has 4 heteroatoms. The van der Waals surface area contributed by atoms with E-state index in [4.69, 9.17) is 5.73 Å². The summed E-state index contributed by atoms with van der Waals surface area (Å²) in [6.45, 7) is 1.74. The second-order valence-corrected chi connectivity index (χ2v) is 3.28. The fourth-order valence-electron chi connectivity index (χ4n) is 1.44. The average molecular weight is 191 g/mol. The minimum absolute atomic E-state index is 0.335. The van der Waals surface area contributed by atoms with Gasteiger partial charge in [0.05, 0.1) is 11.9 Å². The third-order valence-corrected chi connectivity index (χ3v) is 2.39. The smallest absolute Gasteiger partial charge is 0.129 e. The first kappa shape index (κ1) is 9.02. The van der Waals surface area contributed by atoms with Crippen LogP contribution in [0.4, 0.5) is 4.39 Å². The molecule has 1 atom stereocenters. The molecule has 72 valence electrons. The summed E-state index contributed by atoms with van der Waals surface area (Å²) in [6, 6.07) is 6.39. The van der Waals surface area contributed by atoms with Gasteiger partial charge in [0.2, 0.25) is 0 Å². The lowest BCUT2D eigenvalue weighted by Crippen LogP contribution is -2.44. The van der Waals surface area contributed by atoms with Gasteiger partial charge in [-0.25, -0.2) is 4.39 Å². The van der Waals surface area contributed by atoms with Crippen molar-refractivity contribution in [2.45, 2.75) is 12.5 Å². The van der Waals surface area contributed by atoms with Crippen molar-refractivity contribution in [2.24, 2.45) is 15.9 Å². The van der Waals surface area contributed by atoms with Gasteiger partial charge in [-0.05, 0) is 13.0 Å². The van der Waals surface area contributed by atoms with Crippen LogP contribution in [0.2, 0.25) is 0 Å². The maximum Gasteiger partial charge on any atom is 0.129 e. The van der Waals surface area contributed by atoms with Crippen LogP contribution in [0.15, 0.2) is 34.5 Å². The fourth-order valence-corrected chi connectivity index (χ4v) is 1.44. The highest BCUT2D eigenvalue weighted by Crippen LogP contribution is 2.24. The van der Waals surface area contributed by atoms with Gasteiger partial charge >= 0.3 is 0 Å². The molecule has 0 saturated heterocycles. The highest BCUT2D eigenvalue weighted by atomic mass is 19.1. The van der Waals surface area contributed by atoms with Gasteiger partial charge in [-0.3, -0.25) is 0 Å². The number of benzene rings is 1. The molecule has 0 saturated carbocycles. The molecule has 1 aliphatic heterocycles. The minimum Gasteiger partial charge on any atom is -0.312 e. The molecule has 1 unspecified atom stereocenters. The van der Waals surface area contributed by atoms with E-state index in [9.17, 15) is 4.39 Å². The van der Waals surface area contributed by atoms with E-state index in [0.29, 0.717) is 11.3 Å². The molecule has 2 rings (SSSR count). The lowest BCUT2D eigenvalue weighted by atomic mass is 9.88. The van der Waals surface area contributed by atoms with Crippen LogP contribution in [-0.2, 0) is 5.54 Å². The molecule has 0 aliphatic carbocycles.